The summed E-state index contributed by atoms with van der Waals surface area (Å²) in [6.45, 7) is 5.68. The Hall–Kier alpha value is -1.95. The molecule has 0 saturated heterocycles. The molecule has 6 heteroatoms. The van der Waals surface area contributed by atoms with E-state index in [0.29, 0.717) is 4.88 Å². The average Bonchev–Trinajstić information content (AvgIpc) is 2.76. The maximum atomic E-state index is 11.3. The van der Waals surface area contributed by atoms with E-state index in [0.717, 1.165) is 41.1 Å². The third kappa shape index (κ3) is 2.06. The van der Waals surface area contributed by atoms with Crippen LogP contribution in [-0.2, 0) is 0 Å². The number of thiophene rings is 1. The lowest BCUT2D eigenvalue weighted by molar-refractivity contribution is 0.0701. The molecule has 0 radical (unpaired) electrons. The molecule has 0 fully saturated rings. The number of aryl methyl sites for hydroxylation is 1. The fourth-order valence-electron chi connectivity index (χ4n) is 2.59. The summed E-state index contributed by atoms with van der Waals surface area (Å²) in [6, 6.07) is 0. The number of carboxylic acids is 1. The summed E-state index contributed by atoms with van der Waals surface area (Å²) in [5.41, 5.74) is 2.08. The van der Waals surface area contributed by atoms with Gasteiger partial charge in [0.2, 0.25) is 0 Å². The highest BCUT2D eigenvalue weighted by Crippen LogP contribution is 2.35. The lowest BCUT2D eigenvalue weighted by Gasteiger charge is -2.27. The Kier molecular flexibility index (Phi) is 3.17. The monoisotopic (exact) mass is 289 g/mol. The van der Waals surface area contributed by atoms with Gasteiger partial charge < -0.3 is 10.0 Å². The zero-order chi connectivity index (χ0) is 14.3. The Morgan fingerprint density at radius 3 is 2.90 bits per heavy atom. The molecule has 2 aromatic rings. The molecule has 1 aliphatic heterocycles. The maximum Gasteiger partial charge on any atom is 0.346 e. The predicted molar refractivity (Wildman–Crippen MR) is 79.7 cm³/mol. The summed E-state index contributed by atoms with van der Waals surface area (Å²) in [5.74, 6) is -0.0464. The molecule has 0 amide bonds. The van der Waals surface area contributed by atoms with Crippen molar-refractivity contribution in [3.63, 3.8) is 0 Å². The molecule has 5 nitrogen and oxygen atoms in total. The molecule has 0 atom stereocenters. The second-order valence-corrected chi connectivity index (χ2v) is 6.00. The second kappa shape index (κ2) is 4.86. The van der Waals surface area contributed by atoms with E-state index in [1.807, 2.05) is 6.92 Å². The first-order valence-electron chi connectivity index (χ1n) is 6.46. The number of aromatic nitrogens is 2. The van der Waals surface area contributed by atoms with Crippen LogP contribution in [0, 0.1) is 6.92 Å². The van der Waals surface area contributed by atoms with E-state index in [4.69, 9.17) is 0 Å². The molecule has 3 rings (SSSR count). The summed E-state index contributed by atoms with van der Waals surface area (Å²) in [6.07, 6.45) is 4.75. The summed E-state index contributed by atoms with van der Waals surface area (Å²) < 4.78 is 0. The molecule has 0 spiro atoms. The highest BCUT2D eigenvalue weighted by molar-refractivity contribution is 7.20. The van der Waals surface area contributed by atoms with Gasteiger partial charge in [-0.25, -0.2) is 14.8 Å². The number of hydrogen-bond donors (Lipinski definition) is 1. The molecule has 0 bridgehead atoms. The van der Waals surface area contributed by atoms with Crippen LogP contribution in [0.2, 0.25) is 0 Å². The molecular formula is C14H15N3O2S. The molecule has 1 aliphatic rings. The van der Waals surface area contributed by atoms with Gasteiger partial charge >= 0.3 is 5.97 Å². The number of fused-ring (bicyclic) bond motifs is 1. The minimum Gasteiger partial charge on any atom is -0.477 e. The fourth-order valence-corrected chi connectivity index (χ4v) is 3.57. The molecule has 0 saturated carbocycles. The molecule has 2 aromatic heterocycles. The minimum absolute atomic E-state index is 0.353. The smallest absolute Gasteiger partial charge is 0.346 e. The highest BCUT2D eigenvalue weighted by Gasteiger charge is 2.22. The first kappa shape index (κ1) is 13.1. The third-order valence-corrected chi connectivity index (χ3v) is 4.72. The number of rotatable bonds is 2. The third-order valence-electron chi connectivity index (χ3n) is 3.53. The van der Waals surface area contributed by atoms with E-state index in [2.05, 4.69) is 27.9 Å². The minimum atomic E-state index is -0.897. The van der Waals surface area contributed by atoms with Crippen molar-refractivity contribution in [2.45, 2.75) is 20.3 Å². The number of carboxylic acid groups (broad SMARTS) is 1. The highest BCUT2D eigenvalue weighted by atomic mass is 32.1. The van der Waals surface area contributed by atoms with Crippen molar-refractivity contribution < 1.29 is 9.90 Å². The second-order valence-electron chi connectivity index (χ2n) is 5.00. The normalized spacial score (nSPS) is 15.5. The van der Waals surface area contributed by atoms with Gasteiger partial charge in [0.1, 0.15) is 21.9 Å². The van der Waals surface area contributed by atoms with Gasteiger partial charge in [0.25, 0.3) is 0 Å². The van der Waals surface area contributed by atoms with Crippen LogP contribution in [0.15, 0.2) is 18.0 Å². The Morgan fingerprint density at radius 1 is 1.40 bits per heavy atom. The zero-order valence-corrected chi connectivity index (χ0v) is 12.2. The Morgan fingerprint density at radius 2 is 2.20 bits per heavy atom. The van der Waals surface area contributed by atoms with Gasteiger partial charge in [-0.3, -0.25) is 0 Å². The SMILES string of the molecule is CC1=CCCN(c2ncnc3sc(C(=O)O)c(C)c23)C1. The van der Waals surface area contributed by atoms with Gasteiger partial charge in [0, 0.05) is 13.1 Å². The molecule has 20 heavy (non-hydrogen) atoms. The fraction of sp³-hybridized carbons (Fsp3) is 0.357. The van der Waals surface area contributed by atoms with Crippen LogP contribution < -0.4 is 4.90 Å². The summed E-state index contributed by atoms with van der Waals surface area (Å²) >= 11 is 1.22. The Labute approximate surface area is 120 Å². The lowest BCUT2D eigenvalue weighted by Crippen LogP contribution is -2.30. The van der Waals surface area contributed by atoms with Gasteiger partial charge in [0.05, 0.1) is 5.39 Å². The van der Waals surface area contributed by atoms with Gasteiger partial charge in [-0.05, 0) is 25.8 Å². The van der Waals surface area contributed by atoms with Crippen molar-refractivity contribution >= 4 is 33.3 Å². The van der Waals surface area contributed by atoms with Crippen molar-refractivity contribution in [1.82, 2.24) is 9.97 Å². The van der Waals surface area contributed by atoms with Gasteiger partial charge in [-0.1, -0.05) is 11.6 Å². The van der Waals surface area contributed by atoms with E-state index in [9.17, 15) is 9.90 Å². The molecule has 3 heterocycles. The molecule has 0 aliphatic carbocycles. The number of carbonyl (C=O) groups is 1. The van der Waals surface area contributed by atoms with E-state index in [1.165, 1.54) is 23.2 Å². The zero-order valence-electron chi connectivity index (χ0n) is 11.4. The van der Waals surface area contributed by atoms with Gasteiger partial charge in [-0.2, -0.15) is 0 Å². The molecule has 104 valence electrons. The largest absolute Gasteiger partial charge is 0.477 e. The van der Waals surface area contributed by atoms with Crippen LogP contribution in [0.25, 0.3) is 10.2 Å². The molecule has 1 N–H and O–H groups in total. The van der Waals surface area contributed by atoms with Gasteiger partial charge in [0.15, 0.2) is 0 Å². The van der Waals surface area contributed by atoms with E-state index >= 15 is 0 Å². The lowest BCUT2D eigenvalue weighted by atomic mass is 10.1. The number of nitrogens with zero attached hydrogens (tertiary/aromatic N) is 3. The van der Waals surface area contributed by atoms with E-state index in [1.54, 1.807) is 0 Å². The Balaban J connectivity index is 2.16. The van der Waals surface area contributed by atoms with Crippen LogP contribution in [0.3, 0.4) is 0 Å². The van der Waals surface area contributed by atoms with Crippen molar-refractivity contribution in [3.05, 3.63) is 28.4 Å². The first-order chi connectivity index (χ1) is 9.58. The van der Waals surface area contributed by atoms with E-state index in [-0.39, 0.29) is 0 Å². The number of aromatic carboxylic acids is 1. The maximum absolute atomic E-state index is 11.3. The van der Waals surface area contributed by atoms with Crippen LogP contribution in [0.5, 0.6) is 0 Å². The predicted octanol–water partition coefficient (Wildman–Crippen LogP) is 2.85. The molecular weight excluding hydrogens is 274 g/mol. The van der Waals surface area contributed by atoms with Gasteiger partial charge in [-0.15, -0.1) is 11.3 Å². The van der Waals surface area contributed by atoms with Crippen LogP contribution in [0.1, 0.15) is 28.6 Å². The topological polar surface area (TPSA) is 66.3 Å². The number of hydrogen-bond acceptors (Lipinski definition) is 5. The van der Waals surface area contributed by atoms with Crippen molar-refractivity contribution in [1.29, 1.82) is 0 Å². The van der Waals surface area contributed by atoms with Crippen molar-refractivity contribution in [2.75, 3.05) is 18.0 Å². The average molecular weight is 289 g/mol. The Bertz CT molecular complexity index is 721. The summed E-state index contributed by atoms with van der Waals surface area (Å²) in [4.78, 5) is 23.2. The first-order valence-corrected chi connectivity index (χ1v) is 7.27. The number of anilines is 1. The van der Waals surface area contributed by atoms with Crippen LogP contribution >= 0.6 is 11.3 Å². The molecule has 0 unspecified atom stereocenters. The van der Waals surface area contributed by atoms with Crippen LogP contribution in [0.4, 0.5) is 5.82 Å². The van der Waals surface area contributed by atoms with Crippen LogP contribution in [-0.4, -0.2) is 34.1 Å². The standard InChI is InChI=1S/C14H15N3O2S/c1-8-4-3-5-17(6-8)12-10-9(2)11(14(18)19)20-13(10)16-7-15-12/h4,7H,3,5-6H2,1-2H3,(H,18,19). The molecule has 0 aromatic carbocycles. The summed E-state index contributed by atoms with van der Waals surface area (Å²) in [7, 11) is 0. The van der Waals surface area contributed by atoms with Crippen molar-refractivity contribution in [3.8, 4) is 0 Å². The summed E-state index contributed by atoms with van der Waals surface area (Å²) in [5, 5.41) is 10.1. The van der Waals surface area contributed by atoms with Crippen molar-refractivity contribution in [2.24, 2.45) is 0 Å². The quantitative estimate of drug-likeness (QED) is 0.861. The van der Waals surface area contributed by atoms with E-state index < -0.39 is 5.97 Å².